The summed E-state index contributed by atoms with van der Waals surface area (Å²) in [5, 5.41) is 9.15. The summed E-state index contributed by atoms with van der Waals surface area (Å²) >= 11 is 5.83. The van der Waals surface area contributed by atoms with E-state index in [1.54, 1.807) is 42.5 Å². The van der Waals surface area contributed by atoms with Gasteiger partial charge in [-0.25, -0.2) is 9.82 Å². The fraction of sp³-hybridized carbons (Fsp3) is 0.0435. The maximum absolute atomic E-state index is 12.9. The number of hydrogen-bond donors (Lipinski definition) is 3. The highest BCUT2D eigenvalue weighted by Crippen LogP contribution is 2.15. The van der Waals surface area contributed by atoms with E-state index < -0.39 is 23.5 Å². The van der Waals surface area contributed by atoms with E-state index in [4.69, 9.17) is 16.3 Å². The second-order valence-electron chi connectivity index (χ2n) is 6.58. The Morgan fingerprint density at radius 3 is 2.33 bits per heavy atom. The standard InChI is InChI=1S/C23H18ClFN4O4/c24-16-2-1-3-19(12-16)28-22(31)23(32)29-26-13-15-4-10-20(11-5-15)33-14-21(30)27-18-8-6-17(25)7-9-18/h1-13H,14H2,(H,27,30)(H,28,31)(H,29,32)/b26-13-. The van der Waals surface area contributed by atoms with Crippen LogP contribution < -0.4 is 20.8 Å². The smallest absolute Gasteiger partial charge is 0.329 e. The average Bonchev–Trinajstić information content (AvgIpc) is 2.80. The average molecular weight is 469 g/mol. The van der Waals surface area contributed by atoms with Crippen LogP contribution in [0.3, 0.4) is 0 Å². The summed E-state index contributed by atoms with van der Waals surface area (Å²) in [5.41, 5.74) is 3.59. The molecule has 3 aromatic rings. The molecular weight excluding hydrogens is 451 g/mol. The number of hydrogen-bond acceptors (Lipinski definition) is 5. The van der Waals surface area contributed by atoms with Gasteiger partial charge in [-0.15, -0.1) is 0 Å². The minimum absolute atomic E-state index is 0.234. The zero-order valence-electron chi connectivity index (χ0n) is 17.0. The second kappa shape index (κ2) is 11.4. The first-order chi connectivity index (χ1) is 15.9. The molecule has 0 fully saturated rings. The molecule has 0 bridgehead atoms. The predicted molar refractivity (Wildman–Crippen MR) is 123 cm³/mol. The summed E-state index contributed by atoms with van der Waals surface area (Å²) in [4.78, 5) is 35.6. The van der Waals surface area contributed by atoms with Gasteiger partial charge in [0, 0.05) is 16.4 Å². The van der Waals surface area contributed by atoms with Crippen LogP contribution in [0.4, 0.5) is 15.8 Å². The van der Waals surface area contributed by atoms with Crippen molar-refractivity contribution in [3.8, 4) is 5.75 Å². The lowest BCUT2D eigenvalue weighted by molar-refractivity contribution is -0.136. The molecule has 3 rings (SSSR count). The van der Waals surface area contributed by atoms with Gasteiger partial charge in [-0.05, 0) is 72.3 Å². The number of carbonyl (C=O) groups is 3. The number of nitrogens with zero attached hydrogens (tertiary/aromatic N) is 1. The molecule has 0 atom stereocenters. The number of nitrogens with one attached hydrogen (secondary N) is 3. The highest BCUT2D eigenvalue weighted by atomic mass is 35.5. The fourth-order valence-corrected chi connectivity index (χ4v) is 2.69. The van der Waals surface area contributed by atoms with Crippen LogP contribution in [0.5, 0.6) is 5.75 Å². The van der Waals surface area contributed by atoms with E-state index in [1.165, 1.54) is 36.5 Å². The molecule has 0 unspecified atom stereocenters. The van der Waals surface area contributed by atoms with Crippen LogP contribution in [0.2, 0.25) is 5.02 Å². The molecule has 0 aliphatic carbocycles. The normalized spacial score (nSPS) is 10.5. The summed E-state index contributed by atoms with van der Waals surface area (Å²) in [6.07, 6.45) is 1.34. The van der Waals surface area contributed by atoms with Gasteiger partial charge < -0.3 is 15.4 Å². The van der Waals surface area contributed by atoms with Crippen LogP contribution in [0.1, 0.15) is 5.56 Å². The third-order valence-corrected chi connectivity index (χ3v) is 4.28. The van der Waals surface area contributed by atoms with Crippen molar-refractivity contribution in [2.75, 3.05) is 17.2 Å². The first-order valence-electron chi connectivity index (χ1n) is 9.57. The Labute approximate surface area is 193 Å². The molecule has 0 saturated heterocycles. The maximum atomic E-state index is 12.9. The minimum Gasteiger partial charge on any atom is -0.484 e. The number of anilines is 2. The highest BCUT2D eigenvalue weighted by molar-refractivity contribution is 6.39. The van der Waals surface area contributed by atoms with Gasteiger partial charge >= 0.3 is 11.8 Å². The van der Waals surface area contributed by atoms with Crippen molar-refractivity contribution in [2.24, 2.45) is 5.10 Å². The van der Waals surface area contributed by atoms with Crippen molar-refractivity contribution in [3.63, 3.8) is 0 Å². The number of amides is 3. The van der Waals surface area contributed by atoms with Gasteiger partial charge in [0.15, 0.2) is 6.61 Å². The van der Waals surface area contributed by atoms with E-state index in [-0.39, 0.29) is 6.61 Å². The van der Waals surface area contributed by atoms with E-state index in [9.17, 15) is 18.8 Å². The summed E-state index contributed by atoms with van der Waals surface area (Å²) in [6.45, 7) is -0.234. The second-order valence-corrected chi connectivity index (χ2v) is 7.01. The van der Waals surface area contributed by atoms with Gasteiger partial charge in [-0.1, -0.05) is 17.7 Å². The van der Waals surface area contributed by atoms with Gasteiger partial charge in [0.05, 0.1) is 6.21 Å². The lowest BCUT2D eigenvalue weighted by Gasteiger charge is -2.07. The molecule has 0 aromatic heterocycles. The number of carbonyl (C=O) groups excluding carboxylic acids is 3. The van der Waals surface area contributed by atoms with E-state index >= 15 is 0 Å². The molecular formula is C23H18ClFN4O4. The Bertz CT molecular complexity index is 1170. The number of hydrazone groups is 1. The molecule has 0 heterocycles. The molecule has 8 nitrogen and oxygen atoms in total. The van der Waals surface area contributed by atoms with Gasteiger partial charge in [-0.3, -0.25) is 14.4 Å². The third kappa shape index (κ3) is 7.75. The zero-order valence-corrected chi connectivity index (χ0v) is 17.8. The number of benzene rings is 3. The van der Waals surface area contributed by atoms with Crippen LogP contribution >= 0.6 is 11.6 Å². The van der Waals surface area contributed by atoms with Crippen molar-refractivity contribution in [2.45, 2.75) is 0 Å². The SMILES string of the molecule is O=C(COc1ccc(/C=N\NC(=O)C(=O)Nc2cccc(Cl)c2)cc1)Nc1ccc(F)cc1. The van der Waals surface area contributed by atoms with Crippen LogP contribution in [0.15, 0.2) is 77.9 Å². The minimum atomic E-state index is -0.946. The molecule has 10 heteroatoms. The van der Waals surface area contributed by atoms with Gasteiger partial charge in [0.25, 0.3) is 5.91 Å². The Hall–Kier alpha value is -4.24. The first-order valence-corrected chi connectivity index (χ1v) is 9.95. The largest absolute Gasteiger partial charge is 0.484 e. The van der Waals surface area contributed by atoms with E-state index in [2.05, 4.69) is 21.2 Å². The molecule has 0 aliphatic rings. The van der Waals surface area contributed by atoms with E-state index in [1.807, 2.05) is 0 Å². The zero-order chi connectivity index (χ0) is 23.6. The lowest BCUT2D eigenvalue weighted by Crippen LogP contribution is -2.32. The number of ether oxygens (including phenoxy) is 1. The summed E-state index contributed by atoms with van der Waals surface area (Å²) < 4.78 is 18.3. The fourth-order valence-electron chi connectivity index (χ4n) is 2.50. The quantitative estimate of drug-likeness (QED) is 0.280. The topological polar surface area (TPSA) is 109 Å². The maximum Gasteiger partial charge on any atom is 0.329 e. The summed E-state index contributed by atoms with van der Waals surface area (Å²) in [5.74, 6) is -2.19. The Balaban J connectivity index is 1.42. The molecule has 0 spiro atoms. The van der Waals surface area contributed by atoms with Crippen molar-refractivity contribution < 1.29 is 23.5 Å². The first kappa shape index (κ1) is 23.4. The van der Waals surface area contributed by atoms with Crippen LogP contribution in [-0.2, 0) is 14.4 Å². The molecule has 3 amide bonds. The third-order valence-electron chi connectivity index (χ3n) is 4.05. The van der Waals surface area contributed by atoms with Crippen molar-refractivity contribution >= 4 is 46.9 Å². The van der Waals surface area contributed by atoms with E-state index in [0.29, 0.717) is 27.7 Å². The van der Waals surface area contributed by atoms with E-state index in [0.717, 1.165) is 0 Å². The van der Waals surface area contributed by atoms with Crippen molar-refractivity contribution in [1.29, 1.82) is 0 Å². The number of halogens is 2. The number of rotatable bonds is 7. The molecule has 0 aliphatic heterocycles. The van der Waals surface area contributed by atoms with Crippen LogP contribution in [0.25, 0.3) is 0 Å². The van der Waals surface area contributed by atoms with Crippen LogP contribution in [0, 0.1) is 5.82 Å². The molecule has 0 saturated carbocycles. The molecule has 168 valence electrons. The predicted octanol–water partition coefficient (Wildman–Crippen LogP) is 3.59. The summed E-state index contributed by atoms with van der Waals surface area (Å²) in [7, 11) is 0. The lowest BCUT2D eigenvalue weighted by atomic mass is 10.2. The Morgan fingerprint density at radius 1 is 0.909 bits per heavy atom. The van der Waals surface area contributed by atoms with Crippen molar-refractivity contribution in [3.05, 3.63) is 89.2 Å². The highest BCUT2D eigenvalue weighted by Gasteiger charge is 2.12. The molecule has 3 N–H and O–H groups in total. The van der Waals surface area contributed by atoms with Gasteiger partial charge in [-0.2, -0.15) is 5.10 Å². The molecule has 3 aromatic carbocycles. The Morgan fingerprint density at radius 2 is 1.64 bits per heavy atom. The molecule has 0 radical (unpaired) electrons. The van der Waals surface area contributed by atoms with Crippen LogP contribution in [-0.4, -0.2) is 30.5 Å². The molecule has 33 heavy (non-hydrogen) atoms. The monoisotopic (exact) mass is 468 g/mol. The van der Waals surface area contributed by atoms with Crippen molar-refractivity contribution in [1.82, 2.24) is 5.43 Å². The Kier molecular flexibility index (Phi) is 8.09. The summed E-state index contributed by atoms with van der Waals surface area (Å²) in [6, 6.07) is 18.3. The van der Waals surface area contributed by atoms with Gasteiger partial charge in [0.1, 0.15) is 11.6 Å². The van der Waals surface area contributed by atoms with Gasteiger partial charge in [0.2, 0.25) is 0 Å².